The summed E-state index contributed by atoms with van der Waals surface area (Å²) >= 11 is 0. The normalized spacial score (nSPS) is 20.8. The topological polar surface area (TPSA) is 94.1 Å². The molecule has 1 aliphatic heterocycles. The fraction of sp³-hybridized carbons (Fsp3) is 0.333. The SMILES string of the molecule is C[C@@H]1CC[C@H](C(N)=O)CN1C(=O)/C=C/c1cnn(-c2ccccc2)n1. The van der Waals surface area contributed by atoms with Crippen LogP contribution in [0.3, 0.4) is 0 Å². The van der Waals surface area contributed by atoms with Gasteiger partial charge in [0.25, 0.3) is 0 Å². The largest absolute Gasteiger partial charge is 0.369 e. The van der Waals surface area contributed by atoms with E-state index in [0.717, 1.165) is 18.5 Å². The van der Waals surface area contributed by atoms with Crippen LogP contribution >= 0.6 is 0 Å². The Kier molecular flexibility index (Phi) is 4.92. The van der Waals surface area contributed by atoms with Gasteiger partial charge in [-0.1, -0.05) is 18.2 Å². The van der Waals surface area contributed by atoms with E-state index in [1.54, 1.807) is 17.2 Å². The standard InChI is InChI=1S/C18H21N5O2/c1-13-7-8-14(18(19)25)12-22(13)17(24)10-9-15-11-20-23(21-15)16-5-3-2-4-6-16/h2-6,9-11,13-14H,7-8,12H2,1H3,(H2,19,25)/b10-9+/t13-,14+/m1/s1. The number of amides is 2. The van der Waals surface area contributed by atoms with E-state index in [-0.39, 0.29) is 23.8 Å². The van der Waals surface area contributed by atoms with Crippen LogP contribution in [0.15, 0.2) is 42.6 Å². The molecule has 2 atom stereocenters. The average molecular weight is 339 g/mol. The summed E-state index contributed by atoms with van der Waals surface area (Å²) < 4.78 is 0. The number of carbonyl (C=O) groups is 2. The number of nitrogens with two attached hydrogens (primary N) is 1. The molecule has 2 aromatic rings. The number of carbonyl (C=O) groups excluding carboxylic acids is 2. The molecule has 1 aromatic heterocycles. The van der Waals surface area contributed by atoms with Gasteiger partial charge in [0, 0.05) is 18.7 Å². The molecule has 1 saturated heterocycles. The number of para-hydroxylation sites is 1. The van der Waals surface area contributed by atoms with E-state index >= 15 is 0 Å². The quantitative estimate of drug-likeness (QED) is 0.852. The second-order valence-corrected chi connectivity index (χ2v) is 6.24. The Bertz CT molecular complexity index is 784. The highest BCUT2D eigenvalue weighted by Crippen LogP contribution is 2.22. The summed E-state index contributed by atoms with van der Waals surface area (Å²) in [6.45, 7) is 2.35. The van der Waals surface area contributed by atoms with Crippen LogP contribution in [-0.4, -0.2) is 44.3 Å². The summed E-state index contributed by atoms with van der Waals surface area (Å²) in [5.41, 5.74) is 6.82. The fourth-order valence-corrected chi connectivity index (χ4v) is 2.94. The molecular weight excluding hydrogens is 318 g/mol. The zero-order valence-electron chi connectivity index (χ0n) is 14.1. The van der Waals surface area contributed by atoms with E-state index in [0.29, 0.717) is 12.2 Å². The van der Waals surface area contributed by atoms with E-state index in [1.807, 2.05) is 37.3 Å². The van der Waals surface area contributed by atoms with Crippen LogP contribution in [0.1, 0.15) is 25.5 Å². The number of likely N-dealkylation sites (tertiary alicyclic amines) is 1. The van der Waals surface area contributed by atoms with Gasteiger partial charge in [0.1, 0.15) is 5.69 Å². The third kappa shape index (κ3) is 3.93. The molecule has 0 spiro atoms. The summed E-state index contributed by atoms with van der Waals surface area (Å²) in [5.74, 6) is -0.764. The van der Waals surface area contributed by atoms with Gasteiger partial charge in [-0.05, 0) is 38.0 Å². The number of piperidine rings is 1. The van der Waals surface area contributed by atoms with Gasteiger partial charge in [-0.2, -0.15) is 9.90 Å². The molecule has 0 radical (unpaired) electrons. The van der Waals surface area contributed by atoms with E-state index < -0.39 is 0 Å². The summed E-state index contributed by atoms with van der Waals surface area (Å²) in [6.07, 6.45) is 6.21. The number of primary amides is 1. The van der Waals surface area contributed by atoms with Crippen molar-refractivity contribution >= 4 is 17.9 Å². The Hall–Kier alpha value is -2.96. The maximum Gasteiger partial charge on any atom is 0.246 e. The Morgan fingerprint density at radius 2 is 2.00 bits per heavy atom. The molecule has 1 aromatic carbocycles. The van der Waals surface area contributed by atoms with E-state index in [9.17, 15) is 9.59 Å². The molecule has 0 aliphatic carbocycles. The van der Waals surface area contributed by atoms with Crippen molar-refractivity contribution in [3.63, 3.8) is 0 Å². The second-order valence-electron chi connectivity index (χ2n) is 6.24. The second kappa shape index (κ2) is 7.29. The Morgan fingerprint density at radius 3 is 2.72 bits per heavy atom. The molecule has 2 heterocycles. The minimum atomic E-state index is -0.348. The van der Waals surface area contributed by atoms with Gasteiger partial charge in [0.2, 0.25) is 11.8 Å². The Labute approximate surface area is 146 Å². The lowest BCUT2D eigenvalue weighted by Gasteiger charge is -2.36. The third-order valence-corrected chi connectivity index (χ3v) is 4.46. The zero-order chi connectivity index (χ0) is 17.8. The van der Waals surface area contributed by atoms with Crippen molar-refractivity contribution in [3.8, 4) is 5.69 Å². The Balaban J connectivity index is 1.68. The monoisotopic (exact) mass is 339 g/mol. The first-order valence-electron chi connectivity index (χ1n) is 8.30. The molecule has 2 amide bonds. The minimum Gasteiger partial charge on any atom is -0.369 e. The Morgan fingerprint density at radius 1 is 1.24 bits per heavy atom. The van der Waals surface area contributed by atoms with Crippen molar-refractivity contribution in [1.29, 1.82) is 0 Å². The molecule has 0 saturated carbocycles. The molecule has 0 unspecified atom stereocenters. The van der Waals surface area contributed by atoms with Crippen LogP contribution in [0.25, 0.3) is 11.8 Å². The average Bonchev–Trinajstić information content (AvgIpc) is 3.09. The van der Waals surface area contributed by atoms with Crippen LogP contribution in [-0.2, 0) is 9.59 Å². The van der Waals surface area contributed by atoms with Crippen molar-refractivity contribution < 1.29 is 9.59 Å². The predicted molar refractivity (Wildman–Crippen MR) is 93.5 cm³/mol. The van der Waals surface area contributed by atoms with Gasteiger partial charge in [0.15, 0.2) is 0 Å². The maximum atomic E-state index is 12.5. The summed E-state index contributed by atoms with van der Waals surface area (Å²) in [4.78, 5) is 27.1. The van der Waals surface area contributed by atoms with Gasteiger partial charge >= 0.3 is 0 Å². The smallest absolute Gasteiger partial charge is 0.246 e. The van der Waals surface area contributed by atoms with Gasteiger partial charge in [-0.25, -0.2) is 0 Å². The lowest BCUT2D eigenvalue weighted by molar-refractivity contribution is -0.133. The third-order valence-electron chi connectivity index (χ3n) is 4.46. The molecule has 2 N–H and O–H groups in total. The van der Waals surface area contributed by atoms with E-state index in [4.69, 9.17) is 5.73 Å². The van der Waals surface area contributed by atoms with Crippen LogP contribution in [0.2, 0.25) is 0 Å². The minimum absolute atomic E-state index is 0.0905. The van der Waals surface area contributed by atoms with Gasteiger partial charge < -0.3 is 10.6 Å². The summed E-state index contributed by atoms with van der Waals surface area (Å²) in [7, 11) is 0. The molecule has 1 fully saturated rings. The van der Waals surface area contributed by atoms with E-state index in [2.05, 4.69) is 10.2 Å². The molecule has 25 heavy (non-hydrogen) atoms. The van der Waals surface area contributed by atoms with Crippen molar-refractivity contribution in [1.82, 2.24) is 19.9 Å². The summed E-state index contributed by atoms with van der Waals surface area (Å²) in [5, 5.41) is 8.53. The molecule has 7 nitrogen and oxygen atoms in total. The van der Waals surface area contributed by atoms with Gasteiger partial charge in [-0.3, -0.25) is 9.59 Å². The number of aromatic nitrogens is 3. The first-order valence-corrected chi connectivity index (χ1v) is 8.30. The van der Waals surface area contributed by atoms with Gasteiger partial charge in [-0.15, -0.1) is 5.10 Å². The molecule has 1 aliphatic rings. The number of hydrogen-bond donors (Lipinski definition) is 1. The molecule has 0 bridgehead atoms. The lowest BCUT2D eigenvalue weighted by Crippen LogP contribution is -2.48. The first-order chi connectivity index (χ1) is 12.0. The maximum absolute atomic E-state index is 12.5. The number of benzene rings is 1. The van der Waals surface area contributed by atoms with Crippen LogP contribution in [0.4, 0.5) is 0 Å². The predicted octanol–water partition coefficient (Wildman–Crippen LogP) is 1.39. The number of hydrogen-bond acceptors (Lipinski definition) is 4. The van der Waals surface area contributed by atoms with E-state index in [1.165, 1.54) is 10.9 Å². The first kappa shape index (κ1) is 16.9. The number of rotatable bonds is 4. The molecular formula is C18H21N5O2. The van der Waals surface area contributed by atoms with Crippen LogP contribution in [0.5, 0.6) is 0 Å². The highest BCUT2D eigenvalue weighted by atomic mass is 16.2. The van der Waals surface area contributed by atoms with Crippen molar-refractivity contribution in [2.45, 2.75) is 25.8 Å². The fourth-order valence-electron chi connectivity index (χ4n) is 2.94. The molecule has 3 rings (SSSR count). The highest BCUT2D eigenvalue weighted by Gasteiger charge is 2.30. The van der Waals surface area contributed by atoms with Crippen LogP contribution < -0.4 is 5.73 Å². The van der Waals surface area contributed by atoms with Crippen LogP contribution in [0, 0.1) is 5.92 Å². The van der Waals surface area contributed by atoms with Crippen molar-refractivity contribution in [3.05, 3.63) is 48.3 Å². The van der Waals surface area contributed by atoms with Crippen molar-refractivity contribution in [2.75, 3.05) is 6.54 Å². The summed E-state index contributed by atoms with van der Waals surface area (Å²) in [6, 6.07) is 9.63. The number of nitrogens with zero attached hydrogens (tertiary/aromatic N) is 4. The molecule has 130 valence electrons. The van der Waals surface area contributed by atoms with Crippen molar-refractivity contribution in [2.24, 2.45) is 11.7 Å². The highest BCUT2D eigenvalue weighted by molar-refractivity contribution is 5.92. The zero-order valence-corrected chi connectivity index (χ0v) is 14.1. The molecule has 7 heteroatoms. The lowest BCUT2D eigenvalue weighted by atomic mass is 9.93. The van der Waals surface area contributed by atoms with Gasteiger partial charge in [0.05, 0.1) is 17.8 Å².